The molecule has 5 rings (SSSR count). The second-order valence-electron chi connectivity index (χ2n) is 7.65. The van der Waals surface area contributed by atoms with Crippen molar-refractivity contribution < 1.29 is 19.7 Å². The minimum atomic E-state index is -0.561. The maximum atomic E-state index is 13.5. The van der Waals surface area contributed by atoms with Crippen LogP contribution in [0.1, 0.15) is 33.2 Å². The van der Waals surface area contributed by atoms with E-state index in [-0.39, 0.29) is 23.2 Å². The average Bonchev–Trinajstić information content (AvgIpc) is 3.36. The lowest BCUT2D eigenvalue weighted by molar-refractivity contribution is 0.0729. The fraction of sp³-hybridized carbons (Fsp3) is 0.125. The Morgan fingerprint density at radius 3 is 2.73 bits per heavy atom. The predicted molar refractivity (Wildman–Crippen MR) is 121 cm³/mol. The molecule has 8 nitrogen and oxygen atoms in total. The van der Waals surface area contributed by atoms with Crippen LogP contribution in [0.25, 0.3) is 11.3 Å². The average molecular weight is 463 g/mol. The lowest BCUT2D eigenvalue weighted by Gasteiger charge is -2.27. The Labute approximate surface area is 194 Å². The number of H-pyrrole nitrogens is 1. The number of hydrogen-bond acceptors (Lipinski definition) is 6. The van der Waals surface area contributed by atoms with Crippen molar-refractivity contribution in [2.75, 3.05) is 7.11 Å². The Kier molecular flexibility index (Phi) is 5.14. The third kappa shape index (κ3) is 3.54. The number of phenols is 2. The number of aromatic hydroxyl groups is 2. The van der Waals surface area contributed by atoms with Gasteiger partial charge in [0, 0.05) is 35.1 Å². The van der Waals surface area contributed by atoms with Crippen LogP contribution in [0.3, 0.4) is 0 Å². The van der Waals surface area contributed by atoms with E-state index in [1.165, 1.54) is 19.2 Å². The van der Waals surface area contributed by atoms with Crippen LogP contribution in [0.4, 0.5) is 0 Å². The highest BCUT2D eigenvalue weighted by Crippen LogP contribution is 2.46. The number of benzene rings is 2. The molecule has 0 saturated carbocycles. The van der Waals surface area contributed by atoms with Crippen LogP contribution < -0.4 is 4.74 Å². The molecular weight excluding hydrogens is 444 g/mol. The fourth-order valence-electron chi connectivity index (χ4n) is 4.16. The van der Waals surface area contributed by atoms with Gasteiger partial charge in [0.25, 0.3) is 5.91 Å². The number of pyridine rings is 1. The van der Waals surface area contributed by atoms with Crippen LogP contribution >= 0.6 is 11.6 Å². The Bertz CT molecular complexity index is 1360. The number of nitrogens with zero attached hydrogens (tertiary/aromatic N) is 3. The van der Waals surface area contributed by atoms with Gasteiger partial charge >= 0.3 is 0 Å². The minimum absolute atomic E-state index is 0.00565. The standard InChI is InChI=1S/C24H19ClN4O4/c1-33-19-9-14(4-6-18(19)31)23-20-21(16-10-15(25)5-7-17(16)30)27-28-22(20)24(32)29(23)12-13-3-2-8-26-11-13/h2-11,23,30-31H,12H2,1H3,(H,27,28)/t23-/m1/s1. The molecule has 2 aromatic heterocycles. The zero-order chi connectivity index (χ0) is 23.1. The molecule has 0 spiro atoms. The predicted octanol–water partition coefficient (Wildman–Crippen LogP) is 4.29. The molecule has 1 aliphatic heterocycles. The fourth-order valence-corrected chi connectivity index (χ4v) is 4.33. The number of ether oxygens (including phenoxy) is 1. The summed E-state index contributed by atoms with van der Waals surface area (Å²) in [6, 6.07) is 12.8. The van der Waals surface area contributed by atoms with E-state index in [0.29, 0.717) is 39.6 Å². The lowest BCUT2D eigenvalue weighted by atomic mass is 9.95. The second kappa shape index (κ2) is 8.14. The smallest absolute Gasteiger partial charge is 0.273 e. The van der Waals surface area contributed by atoms with Crippen molar-refractivity contribution in [1.29, 1.82) is 0 Å². The third-order valence-corrected chi connectivity index (χ3v) is 5.91. The highest BCUT2D eigenvalue weighted by atomic mass is 35.5. The molecule has 0 bridgehead atoms. The van der Waals surface area contributed by atoms with Crippen LogP contribution in [-0.2, 0) is 6.54 Å². The van der Waals surface area contributed by atoms with Crippen molar-refractivity contribution >= 4 is 17.5 Å². The Morgan fingerprint density at radius 2 is 1.97 bits per heavy atom. The van der Waals surface area contributed by atoms with Gasteiger partial charge < -0.3 is 19.8 Å². The molecule has 166 valence electrons. The van der Waals surface area contributed by atoms with Crippen molar-refractivity contribution in [2.45, 2.75) is 12.6 Å². The van der Waals surface area contributed by atoms with Crippen molar-refractivity contribution in [3.05, 3.63) is 88.3 Å². The van der Waals surface area contributed by atoms with Crippen LogP contribution in [0, 0.1) is 0 Å². The van der Waals surface area contributed by atoms with Gasteiger partial charge in [-0.05, 0) is 47.5 Å². The third-order valence-electron chi connectivity index (χ3n) is 5.67. The van der Waals surface area contributed by atoms with E-state index < -0.39 is 6.04 Å². The summed E-state index contributed by atoms with van der Waals surface area (Å²) in [6.07, 6.45) is 3.38. The summed E-state index contributed by atoms with van der Waals surface area (Å²) >= 11 is 6.18. The number of nitrogens with one attached hydrogen (secondary N) is 1. The largest absolute Gasteiger partial charge is 0.507 e. The zero-order valence-corrected chi connectivity index (χ0v) is 18.2. The molecule has 0 unspecified atom stereocenters. The van der Waals surface area contributed by atoms with E-state index in [2.05, 4.69) is 15.2 Å². The Hall–Kier alpha value is -4.04. The number of amides is 1. The van der Waals surface area contributed by atoms with Gasteiger partial charge in [-0.25, -0.2) is 0 Å². The van der Waals surface area contributed by atoms with Crippen molar-refractivity contribution in [3.8, 4) is 28.5 Å². The Balaban J connectivity index is 1.70. The summed E-state index contributed by atoms with van der Waals surface area (Å²) in [5.74, 6) is 0.0231. The zero-order valence-electron chi connectivity index (χ0n) is 17.5. The van der Waals surface area contributed by atoms with Gasteiger partial charge in [0.15, 0.2) is 11.5 Å². The van der Waals surface area contributed by atoms with Gasteiger partial charge in [-0.1, -0.05) is 23.7 Å². The van der Waals surface area contributed by atoms with E-state index in [1.807, 2.05) is 12.1 Å². The maximum Gasteiger partial charge on any atom is 0.273 e. The summed E-state index contributed by atoms with van der Waals surface area (Å²) in [4.78, 5) is 19.3. The first-order valence-corrected chi connectivity index (χ1v) is 10.5. The van der Waals surface area contributed by atoms with Gasteiger partial charge in [-0.15, -0.1) is 0 Å². The number of hydrogen-bond donors (Lipinski definition) is 3. The van der Waals surface area contributed by atoms with Gasteiger partial charge in [0.1, 0.15) is 17.1 Å². The molecule has 1 aliphatic rings. The van der Waals surface area contributed by atoms with E-state index in [4.69, 9.17) is 16.3 Å². The number of aromatic amines is 1. The highest BCUT2D eigenvalue weighted by Gasteiger charge is 2.42. The number of carbonyl (C=O) groups is 1. The summed E-state index contributed by atoms with van der Waals surface area (Å²) in [6.45, 7) is 0.296. The Morgan fingerprint density at radius 1 is 1.15 bits per heavy atom. The van der Waals surface area contributed by atoms with Crippen LogP contribution in [0.15, 0.2) is 60.9 Å². The molecule has 0 radical (unpaired) electrons. The first-order valence-electron chi connectivity index (χ1n) is 10.1. The lowest BCUT2D eigenvalue weighted by Crippen LogP contribution is -2.29. The van der Waals surface area contributed by atoms with Crippen LogP contribution in [-0.4, -0.2) is 43.3 Å². The minimum Gasteiger partial charge on any atom is -0.507 e. The number of aromatic nitrogens is 3. The number of phenolic OH excluding ortho intramolecular Hbond substituents is 2. The van der Waals surface area contributed by atoms with E-state index in [0.717, 1.165) is 5.56 Å². The van der Waals surface area contributed by atoms with E-state index in [1.54, 1.807) is 41.6 Å². The molecular formula is C24H19ClN4O4. The van der Waals surface area contributed by atoms with Crippen molar-refractivity contribution in [1.82, 2.24) is 20.1 Å². The number of carbonyl (C=O) groups excluding carboxylic acids is 1. The molecule has 0 aliphatic carbocycles. The maximum absolute atomic E-state index is 13.5. The monoisotopic (exact) mass is 462 g/mol. The normalized spacial score (nSPS) is 15.0. The summed E-state index contributed by atoms with van der Waals surface area (Å²) in [5.41, 5.74) is 3.33. The molecule has 33 heavy (non-hydrogen) atoms. The van der Waals surface area contributed by atoms with Gasteiger partial charge in [-0.2, -0.15) is 5.10 Å². The molecule has 3 heterocycles. The number of halogens is 1. The molecule has 3 N–H and O–H groups in total. The van der Waals surface area contributed by atoms with Crippen LogP contribution in [0.5, 0.6) is 17.2 Å². The topological polar surface area (TPSA) is 112 Å². The van der Waals surface area contributed by atoms with E-state index in [9.17, 15) is 15.0 Å². The van der Waals surface area contributed by atoms with Crippen molar-refractivity contribution in [2.24, 2.45) is 0 Å². The molecule has 2 aromatic carbocycles. The summed E-state index contributed by atoms with van der Waals surface area (Å²) in [7, 11) is 1.46. The molecule has 1 atom stereocenters. The number of methoxy groups -OCH3 is 1. The first-order chi connectivity index (χ1) is 16.0. The number of fused-ring (bicyclic) bond motifs is 1. The van der Waals surface area contributed by atoms with Gasteiger partial charge in [-0.3, -0.25) is 14.9 Å². The molecule has 0 fully saturated rings. The SMILES string of the molecule is COc1cc([C@@H]2c3c(-c4cc(Cl)ccc4O)n[nH]c3C(=O)N2Cc2cccnc2)ccc1O. The second-order valence-corrected chi connectivity index (χ2v) is 8.09. The summed E-state index contributed by atoms with van der Waals surface area (Å²) in [5, 5.41) is 28.2. The summed E-state index contributed by atoms with van der Waals surface area (Å²) < 4.78 is 5.30. The van der Waals surface area contributed by atoms with E-state index >= 15 is 0 Å². The molecule has 0 saturated heterocycles. The van der Waals surface area contributed by atoms with Gasteiger partial charge in [0.2, 0.25) is 0 Å². The van der Waals surface area contributed by atoms with Crippen LogP contribution in [0.2, 0.25) is 5.02 Å². The first kappa shape index (κ1) is 20.8. The molecule has 9 heteroatoms. The molecule has 4 aromatic rings. The van der Waals surface area contributed by atoms with Crippen molar-refractivity contribution in [3.63, 3.8) is 0 Å². The quantitative estimate of drug-likeness (QED) is 0.408. The highest BCUT2D eigenvalue weighted by molar-refractivity contribution is 6.31. The van der Waals surface area contributed by atoms with Gasteiger partial charge in [0.05, 0.1) is 13.2 Å². The molecule has 1 amide bonds. The number of rotatable bonds is 5.